The summed E-state index contributed by atoms with van der Waals surface area (Å²) in [6.07, 6.45) is 1.13. The largest absolute Gasteiger partial charge is 0.497 e. The summed E-state index contributed by atoms with van der Waals surface area (Å²) < 4.78 is 5.19. The van der Waals surface area contributed by atoms with Gasteiger partial charge in [0.25, 0.3) is 0 Å². The van der Waals surface area contributed by atoms with Crippen LogP contribution in [0.4, 0.5) is 5.69 Å². The van der Waals surface area contributed by atoms with Gasteiger partial charge in [-0.2, -0.15) is 0 Å². The van der Waals surface area contributed by atoms with E-state index in [2.05, 4.69) is 46.6 Å². The standard InChI is InChI=1S/C18H20N2OS2/c1-21-15-9-7-14(8-10-15)13-19-18(22)20-11-4-12-23-17-6-3-2-5-16(17)20/h2-3,5-10H,4,11-13H2,1H3,(H,19,22). The monoisotopic (exact) mass is 344 g/mol. The number of nitrogens with one attached hydrogen (secondary N) is 1. The molecule has 0 unspecified atom stereocenters. The lowest BCUT2D eigenvalue weighted by atomic mass is 10.2. The molecule has 3 nitrogen and oxygen atoms in total. The molecular formula is C18H20N2OS2. The second-order valence-electron chi connectivity index (χ2n) is 5.33. The molecule has 1 N–H and O–H groups in total. The van der Waals surface area contributed by atoms with Crippen LogP contribution in [0, 0.1) is 0 Å². The van der Waals surface area contributed by atoms with Crippen LogP contribution in [0.5, 0.6) is 5.75 Å². The fourth-order valence-corrected chi connectivity index (χ4v) is 3.81. The normalized spacial score (nSPS) is 13.9. The summed E-state index contributed by atoms with van der Waals surface area (Å²) in [4.78, 5) is 3.52. The lowest BCUT2D eigenvalue weighted by Crippen LogP contribution is -2.40. The Morgan fingerprint density at radius 2 is 2.00 bits per heavy atom. The van der Waals surface area contributed by atoms with Crippen molar-refractivity contribution >= 4 is 34.8 Å². The SMILES string of the molecule is COc1ccc(CNC(=S)N2CCCSc3ccccc32)cc1. The Morgan fingerprint density at radius 1 is 1.22 bits per heavy atom. The van der Waals surface area contributed by atoms with Gasteiger partial charge < -0.3 is 15.0 Å². The van der Waals surface area contributed by atoms with Gasteiger partial charge in [-0.3, -0.25) is 0 Å². The number of nitrogens with zero attached hydrogens (tertiary/aromatic N) is 1. The number of anilines is 1. The molecule has 23 heavy (non-hydrogen) atoms. The molecule has 5 heteroatoms. The minimum Gasteiger partial charge on any atom is -0.497 e. The number of thiocarbonyl (C=S) groups is 1. The number of benzene rings is 2. The number of fused-ring (bicyclic) bond motifs is 1. The van der Waals surface area contributed by atoms with E-state index in [1.165, 1.54) is 16.1 Å². The van der Waals surface area contributed by atoms with E-state index in [0.29, 0.717) is 6.54 Å². The molecule has 1 aliphatic heterocycles. The van der Waals surface area contributed by atoms with Crippen molar-refractivity contribution in [1.29, 1.82) is 0 Å². The number of thioether (sulfide) groups is 1. The first-order chi connectivity index (χ1) is 11.3. The molecule has 0 aliphatic carbocycles. The molecule has 0 amide bonds. The minimum atomic E-state index is 0.717. The van der Waals surface area contributed by atoms with Gasteiger partial charge in [0.2, 0.25) is 0 Å². The molecule has 2 aromatic rings. The Bertz CT molecular complexity index is 673. The van der Waals surface area contributed by atoms with Gasteiger partial charge in [-0.25, -0.2) is 0 Å². The van der Waals surface area contributed by atoms with Gasteiger partial charge in [-0.1, -0.05) is 24.3 Å². The van der Waals surface area contributed by atoms with Gasteiger partial charge in [-0.15, -0.1) is 11.8 Å². The van der Waals surface area contributed by atoms with E-state index in [4.69, 9.17) is 17.0 Å². The third-order valence-electron chi connectivity index (χ3n) is 3.79. The highest BCUT2D eigenvalue weighted by atomic mass is 32.2. The molecule has 0 spiro atoms. The molecule has 2 aromatic carbocycles. The van der Waals surface area contributed by atoms with Crippen molar-refractivity contribution in [3.63, 3.8) is 0 Å². The van der Waals surface area contributed by atoms with E-state index in [-0.39, 0.29) is 0 Å². The van der Waals surface area contributed by atoms with E-state index in [1.807, 2.05) is 23.9 Å². The summed E-state index contributed by atoms with van der Waals surface area (Å²) in [5, 5.41) is 4.17. The third kappa shape index (κ3) is 3.98. The number of ether oxygens (including phenoxy) is 1. The van der Waals surface area contributed by atoms with Gasteiger partial charge in [-0.05, 0) is 54.2 Å². The molecule has 0 bridgehead atoms. The summed E-state index contributed by atoms with van der Waals surface area (Å²) in [7, 11) is 1.68. The summed E-state index contributed by atoms with van der Waals surface area (Å²) in [5.41, 5.74) is 2.40. The Hall–Kier alpha value is -1.72. The Morgan fingerprint density at radius 3 is 2.78 bits per heavy atom. The highest BCUT2D eigenvalue weighted by molar-refractivity contribution is 7.99. The maximum Gasteiger partial charge on any atom is 0.173 e. The van der Waals surface area contributed by atoms with Gasteiger partial charge in [0.05, 0.1) is 12.8 Å². The zero-order chi connectivity index (χ0) is 16.1. The van der Waals surface area contributed by atoms with Gasteiger partial charge in [0.1, 0.15) is 5.75 Å². The maximum atomic E-state index is 5.64. The minimum absolute atomic E-state index is 0.717. The molecule has 1 heterocycles. The second kappa shape index (κ2) is 7.70. The van der Waals surface area contributed by atoms with Crippen molar-refractivity contribution in [3.05, 3.63) is 54.1 Å². The lowest BCUT2D eigenvalue weighted by molar-refractivity contribution is 0.414. The van der Waals surface area contributed by atoms with E-state index in [0.717, 1.165) is 29.6 Å². The number of para-hydroxylation sites is 1. The number of hydrogen-bond acceptors (Lipinski definition) is 3. The van der Waals surface area contributed by atoms with E-state index < -0.39 is 0 Å². The summed E-state index contributed by atoms with van der Waals surface area (Å²) in [6.45, 7) is 1.67. The van der Waals surface area contributed by atoms with Gasteiger partial charge in [0.15, 0.2) is 5.11 Å². The first-order valence-corrected chi connectivity index (χ1v) is 9.07. The molecule has 1 aliphatic rings. The van der Waals surface area contributed by atoms with Crippen LogP contribution in [0.25, 0.3) is 0 Å². The molecular weight excluding hydrogens is 324 g/mol. The van der Waals surface area contributed by atoms with Crippen LogP contribution in [-0.2, 0) is 6.54 Å². The Balaban J connectivity index is 1.67. The van der Waals surface area contributed by atoms with Crippen molar-refractivity contribution in [2.24, 2.45) is 0 Å². The van der Waals surface area contributed by atoms with Crippen molar-refractivity contribution < 1.29 is 4.74 Å². The van der Waals surface area contributed by atoms with Crippen molar-refractivity contribution in [2.45, 2.75) is 17.9 Å². The van der Waals surface area contributed by atoms with Crippen molar-refractivity contribution in [3.8, 4) is 5.75 Å². The number of methoxy groups -OCH3 is 1. The Labute approximate surface area is 147 Å². The van der Waals surface area contributed by atoms with Crippen molar-refractivity contribution in [1.82, 2.24) is 5.32 Å². The molecule has 3 rings (SSSR count). The molecule has 0 aromatic heterocycles. The molecule has 0 fully saturated rings. The molecule has 120 valence electrons. The topological polar surface area (TPSA) is 24.5 Å². The Kier molecular flexibility index (Phi) is 5.41. The van der Waals surface area contributed by atoms with Crippen LogP contribution >= 0.6 is 24.0 Å². The highest BCUT2D eigenvalue weighted by Crippen LogP contribution is 2.33. The van der Waals surface area contributed by atoms with Crippen LogP contribution in [0.2, 0.25) is 0 Å². The summed E-state index contributed by atoms with van der Waals surface area (Å²) in [6, 6.07) is 16.5. The van der Waals surface area contributed by atoms with E-state index in [9.17, 15) is 0 Å². The molecule has 0 atom stereocenters. The maximum absolute atomic E-state index is 5.64. The van der Waals surface area contributed by atoms with Crippen LogP contribution in [-0.4, -0.2) is 24.5 Å². The van der Waals surface area contributed by atoms with E-state index in [1.54, 1.807) is 7.11 Å². The van der Waals surface area contributed by atoms with Gasteiger partial charge >= 0.3 is 0 Å². The van der Waals surface area contributed by atoms with Crippen LogP contribution in [0.1, 0.15) is 12.0 Å². The fraction of sp³-hybridized carbons (Fsp3) is 0.278. The lowest BCUT2D eigenvalue weighted by Gasteiger charge is -2.25. The zero-order valence-electron chi connectivity index (χ0n) is 13.1. The predicted octanol–water partition coefficient (Wildman–Crippen LogP) is 4.07. The van der Waals surface area contributed by atoms with Crippen molar-refractivity contribution in [2.75, 3.05) is 24.3 Å². The van der Waals surface area contributed by atoms with Gasteiger partial charge in [0, 0.05) is 18.0 Å². The second-order valence-corrected chi connectivity index (χ2v) is 6.85. The highest BCUT2D eigenvalue weighted by Gasteiger charge is 2.18. The summed E-state index contributed by atoms with van der Waals surface area (Å²) >= 11 is 7.55. The average Bonchev–Trinajstić information content (AvgIpc) is 2.82. The quantitative estimate of drug-likeness (QED) is 0.846. The smallest absolute Gasteiger partial charge is 0.173 e. The number of rotatable bonds is 3. The predicted molar refractivity (Wildman–Crippen MR) is 102 cm³/mol. The van der Waals surface area contributed by atoms with Crippen LogP contribution in [0.3, 0.4) is 0 Å². The molecule has 0 saturated carbocycles. The summed E-state index contributed by atoms with van der Waals surface area (Å²) in [5.74, 6) is 2.00. The molecule has 0 radical (unpaired) electrons. The first kappa shape index (κ1) is 16.1. The van der Waals surface area contributed by atoms with E-state index >= 15 is 0 Å². The zero-order valence-corrected chi connectivity index (χ0v) is 14.8. The van der Waals surface area contributed by atoms with Crippen LogP contribution in [0.15, 0.2) is 53.4 Å². The average molecular weight is 345 g/mol. The fourth-order valence-electron chi connectivity index (χ4n) is 2.55. The number of hydrogen-bond donors (Lipinski definition) is 1. The molecule has 0 saturated heterocycles. The van der Waals surface area contributed by atoms with Crippen LogP contribution < -0.4 is 15.0 Å². The first-order valence-electron chi connectivity index (χ1n) is 7.68. The third-order valence-corrected chi connectivity index (χ3v) is 5.30.